The molecule has 5 rings (SSSR count). The third-order valence-corrected chi connectivity index (χ3v) is 7.11. The average Bonchev–Trinajstić information content (AvgIpc) is 3.04. The van der Waals surface area contributed by atoms with Crippen LogP contribution in [0.1, 0.15) is 11.1 Å². The monoisotopic (exact) mass is 579 g/mol. The van der Waals surface area contributed by atoms with Gasteiger partial charge in [-0.2, -0.15) is 0 Å². The molecule has 1 heterocycles. The minimum absolute atomic E-state index is 0.0301. The quantitative estimate of drug-likeness (QED) is 0.126. The second-order valence-corrected chi connectivity index (χ2v) is 10.2. The van der Waals surface area contributed by atoms with Crippen LogP contribution in [0.15, 0.2) is 115 Å². The van der Waals surface area contributed by atoms with Gasteiger partial charge in [0.05, 0.1) is 17.0 Å². The average molecular weight is 580 g/mol. The SMILES string of the molecule is O=[N+]([O-])c1ccc2c(Oc3ccc(C[C@@H](CO)N(Cc4ccccc4)C[C@H](O)COc4ccccc4)cc3)ccnc2c1. The zero-order valence-corrected chi connectivity index (χ0v) is 23.5. The number of fused-ring (bicyclic) bond motifs is 1. The molecule has 2 atom stereocenters. The number of nitrogens with zero attached hydrogens (tertiary/aromatic N) is 3. The number of ether oxygens (including phenoxy) is 2. The molecule has 0 fully saturated rings. The van der Waals surface area contributed by atoms with Crippen molar-refractivity contribution in [2.75, 3.05) is 19.8 Å². The minimum Gasteiger partial charge on any atom is -0.491 e. The number of nitro benzene ring substituents is 1. The number of hydrogen-bond donors (Lipinski definition) is 2. The summed E-state index contributed by atoms with van der Waals surface area (Å²) in [6.45, 7) is 0.924. The van der Waals surface area contributed by atoms with Gasteiger partial charge in [0.1, 0.15) is 30.0 Å². The van der Waals surface area contributed by atoms with Crippen LogP contribution >= 0.6 is 0 Å². The van der Waals surface area contributed by atoms with Gasteiger partial charge in [-0.1, -0.05) is 60.7 Å². The van der Waals surface area contributed by atoms with Gasteiger partial charge in [-0.25, -0.2) is 0 Å². The molecule has 0 saturated heterocycles. The zero-order valence-electron chi connectivity index (χ0n) is 23.5. The number of hydrogen-bond acceptors (Lipinski definition) is 8. The lowest BCUT2D eigenvalue weighted by atomic mass is 10.0. The second kappa shape index (κ2) is 14.4. The maximum absolute atomic E-state index is 11.1. The lowest BCUT2D eigenvalue weighted by Gasteiger charge is -2.32. The Labute approximate surface area is 249 Å². The van der Waals surface area contributed by atoms with Crippen LogP contribution in [0, 0.1) is 10.1 Å². The minimum atomic E-state index is -0.759. The van der Waals surface area contributed by atoms with Crippen molar-refractivity contribution in [3.63, 3.8) is 0 Å². The summed E-state index contributed by atoms with van der Waals surface area (Å²) in [5.74, 6) is 1.84. The molecule has 0 aliphatic rings. The highest BCUT2D eigenvalue weighted by molar-refractivity contribution is 5.86. The van der Waals surface area contributed by atoms with Crippen LogP contribution in [0.25, 0.3) is 10.9 Å². The molecule has 0 radical (unpaired) electrons. The van der Waals surface area contributed by atoms with Crippen molar-refractivity contribution in [1.82, 2.24) is 9.88 Å². The molecule has 0 spiro atoms. The van der Waals surface area contributed by atoms with Crippen molar-refractivity contribution in [1.29, 1.82) is 0 Å². The molecule has 9 heteroatoms. The topological polar surface area (TPSA) is 118 Å². The van der Waals surface area contributed by atoms with E-state index in [0.717, 1.165) is 11.1 Å². The Morgan fingerprint density at radius 2 is 1.58 bits per heavy atom. The van der Waals surface area contributed by atoms with E-state index in [9.17, 15) is 20.3 Å². The standard InChI is InChI=1S/C34H33N3O6/c38-23-28(36(21-26-7-3-1-4-8-26)22-29(39)24-42-30-9-5-2-6-10-30)19-25-11-14-31(15-12-25)43-34-17-18-35-33-20-27(37(40)41)13-16-32(33)34/h1-18,20,28-29,38-39H,19,21-24H2/t28-,29-/m0/s1. The summed E-state index contributed by atoms with van der Waals surface area (Å²) in [4.78, 5) is 17.0. The zero-order chi connectivity index (χ0) is 30.0. The van der Waals surface area contributed by atoms with E-state index >= 15 is 0 Å². The fraction of sp³-hybridized carbons (Fsp3) is 0.206. The first kappa shape index (κ1) is 29.7. The number of aliphatic hydroxyl groups excluding tert-OH is 2. The van der Waals surface area contributed by atoms with Gasteiger partial charge in [0.25, 0.3) is 5.69 Å². The first-order valence-corrected chi connectivity index (χ1v) is 14.0. The molecule has 43 heavy (non-hydrogen) atoms. The Morgan fingerprint density at radius 1 is 0.860 bits per heavy atom. The van der Waals surface area contributed by atoms with Gasteiger partial charge in [0, 0.05) is 42.8 Å². The summed E-state index contributed by atoms with van der Waals surface area (Å²) in [6.07, 6.45) is 1.35. The molecular weight excluding hydrogens is 546 g/mol. The number of pyridine rings is 1. The maximum atomic E-state index is 11.1. The predicted octanol–water partition coefficient (Wildman–Crippen LogP) is 5.78. The number of benzene rings is 4. The smallest absolute Gasteiger partial charge is 0.271 e. The largest absolute Gasteiger partial charge is 0.491 e. The lowest BCUT2D eigenvalue weighted by molar-refractivity contribution is -0.384. The van der Waals surface area contributed by atoms with E-state index < -0.39 is 11.0 Å². The highest BCUT2D eigenvalue weighted by Crippen LogP contribution is 2.31. The molecular formula is C34H33N3O6. The summed E-state index contributed by atoms with van der Waals surface area (Å²) in [7, 11) is 0. The summed E-state index contributed by atoms with van der Waals surface area (Å²) in [5.41, 5.74) is 2.52. The van der Waals surface area contributed by atoms with E-state index in [0.29, 0.717) is 47.7 Å². The molecule has 2 N–H and O–H groups in total. The number of aromatic nitrogens is 1. The van der Waals surface area contributed by atoms with E-state index in [1.54, 1.807) is 18.3 Å². The Morgan fingerprint density at radius 3 is 2.28 bits per heavy atom. The van der Waals surface area contributed by atoms with Crippen LogP contribution in [0.5, 0.6) is 17.2 Å². The van der Waals surface area contributed by atoms with Crippen LogP contribution in [-0.4, -0.2) is 56.9 Å². The lowest BCUT2D eigenvalue weighted by Crippen LogP contribution is -2.44. The van der Waals surface area contributed by atoms with Gasteiger partial charge in [-0.3, -0.25) is 20.0 Å². The van der Waals surface area contributed by atoms with Gasteiger partial charge in [0.15, 0.2) is 0 Å². The van der Waals surface area contributed by atoms with Crippen molar-refractivity contribution in [3.8, 4) is 17.2 Å². The van der Waals surface area contributed by atoms with Gasteiger partial charge >= 0.3 is 0 Å². The maximum Gasteiger partial charge on any atom is 0.271 e. The van der Waals surface area contributed by atoms with Crippen LogP contribution in [-0.2, 0) is 13.0 Å². The van der Waals surface area contributed by atoms with Crippen LogP contribution in [0.2, 0.25) is 0 Å². The van der Waals surface area contributed by atoms with E-state index in [1.165, 1.54) is 12.1 Å². The third-order valence-electron chi connectivity index (χ3n) is 7.11. The molecule has 0 amide bonds. The number of rotatable bonds is 14. The highest BCUT2D eigenvalue weighted by Gasteiger charge is 2.22. The van der Waals surface area contributed by atoms with E-state index in [4.69, 9.17) is 9.47 Å². The molecule has 220 valence electrons. The predicted molar refractivity (Wildman–Crippen MR) is 164 cm³/mol. The number of aliphatic hydroxyl groups is 2. The second-order valence-electron chi connectivity index (χ2n) is 10.2. The Kier molecular flexibility index (Phi) is 9.91. The molecule has 9 nitrogen and oxygen atoms in total. The fourth-order valence-electron chi connectivity index (χ4n) is 4.91. The molecule has 0 saturated carbocycles. The van der Waals surface area contributed by atoms with Crippen LogP contribution < -0.4 is 9.47 Å². The summed E-state index contributed by atoms with van der Waals surface area (Å²) >= 11 is 0. The summed E-state index contributed by atoms with van der Waals surface area (Å²) in [5, 5.41) is 33.1. The molecule has 0 bridgehead atoms. The number of nitro groups is 1. The van der Waals surface area contributed by atoms with E-state index in [1.807, 2.05) is 84.9 Å². The van der Waals surface area contributed by atoms with Gasteiger partial charge in [-0.05, 0) is 53.9 Å². The van der Waals surface area contributed by atoms with Crippen molar-refractivity contribution < 1.29 is 24.6 Å². The Bertz CT molecular complexity index is 1620. The number of non-ortho nitro benzene ring substituents is 1. The normalized spacial score (nSPS) is 12.6. The van der Waals surface area contributed by atoms with E-state index in [2.05, 4.69) is 9.88 Å². The highest BCUT2D eigenvalue weighted by atomic mass is 16.6. The Balaban J connectivity index is 1.27. The van der Waals surface area contributed by atoms with Crippen molar-refractivity contribution in [2.45, 2.75) is 25.1 Å². The molecule has 1 aromatic heterocycles. The van der Waals surface area contributed by atoms with Gasteiger partial charge in [-0.15, -0.1) is 0 Å². The molecule has 4 aromatic carbocycles. The molecule has 0 aliphatic carbocycles. The van der Waals surface area contributed by atoms with E-state index in [-0.39, 0.29) is 24.9 Å². The Hall–Kier alpha value is -4.83. The van der Waals surface area contributed by atoms with Gasteiger partial charge in [0.2, 0.25) is 0 Å². The molecule has 0 unspecified atom stereocenters. The van der Waals surface area contributed by atoms with Crippen molar-refractivity contribution in [3.05, 3.63) is 137 Å². The first-order chi connectivity index (χ1) is 21.0. The van der Waals surface area contributed by atoms with Gasteiger partial charge < -0.3 is 19.7 Å². The van der Waals surface area contributed by atoms with Crippen LogP contribution in [0.4, 0.5) is 5.69 Å². The van der Waals surface area contributed by atoms with Crippen molar-refractivity contribution >= 4 is 16.6 Å². The number of para-hydroxylation sites is 1. The first-order valence-electron chi connectivity index (χ1n) is 14.0. The molecule has 5 aromatic rings. The fourth-order valence-corrected chi connectivity index (χ4v) is 4.91. The summed E-state index contributed by atoms with van der Waals surface area (Å²) < 4.78 is 11.9. The summed E-state index contributed by atoms with van der Waals surface area (Å²) in [6, 6.07) is 32.9. The van der Waals surface area contributed by atoms with Crippen LogP contribution in [0.3, 0.4) is 0 Å². The molecule has 0 aliphatic heterocycles. The third kappa shape index (κ3) is 8.14. The van der Waals surface area contributed by atoms with Crippen molar-refractivity contribution in [2.24, 2.45) is 0 Å².